The predicted octanol–water partition coefficient (Wildman–Crippen LogP) is 4.32. The normalized spacial score (nSPS) is 10.2. The molecule has 0 aliphatic heterocycles. The van der Waals surface area contributed by atoms with E-state index in [0.29, 0.717) is 21.5 Å². The molecule has 5 heteroatoms. The van der Waals surface area contributed by atoms with Crippen molar-refractivity contribution in [3.63, 3.8) is 0 Å². The van der Waals surface area contributed by atoms with Gasteiger partial charge in [0.25, 0.3) is 5.91 Å². The lowest BCUT2D eigenvalue weighted by Gasteiger charge is -2.10. The molecule has 0 bridgehead atoms. The highest BCUT2D eigenvalue weighted by Gasteiger charge is 2.06. The van der Waals surface area contributed by atoms with Gasteiger partial charge in [-0.3, -0.25) is 4.79 Å². The molecule has 3 nitrogen and oxygen atoms in total. The molecule has 2 aromatic carbocycles. The Labute approximate surface area is 127 Å². The van der Waals surface area contributed by atoms with Crippen LogP contribution >= 0.6 is 23.2 Å². The van der Waals surface area contributed by atoms with Crippen molar-refractivity contribution >= 4 is 34.8 Å². The maximum Gasteiger partial charge on any atom is 0.262 e. The molecule has 1 amide bonds. The minimum absolute atomic E-state index is 0.0809. The van der Waals surface area contributed by atoms with Crippen LogP contribution in [0.5, 0.6) is 5.75 Å². The Morgan fingerprint density at radius 2 is 1.90 bits per heavy atom. The Bertz CT molecular complexity index is 629. The zero-order valence-corrected chi connectivity index (χ0v) is 12.3. The highest BCUT2D eigenvalue weighted by Crippen LogP contribution is 2.20. The monoisotopic (exact) mass is 309 g/mol. The fraction of sp³-hybridized carbons (Fsp3) is 0.133. The Balaban J connectivity index is 1.92. The van der Waals surface area contributed by atoms with Crippen molar-refractivity contribution in [2.45, 2.75) is 6.92 Å². The number of nitrogens with one attached hydrogen (secondary N) is 1. The van der Waals surface area contributed by atoms with Gasteiger partial charge in [-0.15, -0.1) is 0 Å². The molecule has 2 rings (SSSR count). The SMILES string of the molecule is Cc1cc(Cl)ccc1NC(=O)COc1cccc(Cl)c1. The lowest BCUT2D eigenvalue weighted by molar-refractivity contribution is -0.118. The van der Waals surface area contributed by atoms with Gasteiger partial charge in [0.1, 0.15) is 5.75 Å². The molecule has 20 heavy (non-hydrogen) atoms. The molecule has 0 unspecified atom stereocenters. The molecule has 0 spiro atoms. The van der Waals surface area contributed by atoms with Crippen LogP contribution in [-0.4, -0.2) is 12.5 Å². The van der Waals surface area contributed by atoms with Crippen LogP contribution < -0.4 is 10.1 Å². The highest BCUT2D eigenvalue weighted by atomic mass is 35.5. The summed E-state index contributed by atoms with van der Waals surface area (Å²) >= 11 is 11.7. The van der Waals surface area contributed by atoms with Gasteiger partial charge in [0.15, 0.2) is 6.61 Å². The predicted molar refractivity (Wildman–Crippen MR) is 81.8 cm³/mol. The number of carbonyl (C=O) groups is 1. The molecule has 0 aromatic heterocycles. The first-order valence-corrected chi connectivity index (χ1v) is 6.74. The van der Waals surface area contributed by atoms with E-state index < -0.39 is 0 Å². The third kappa shape index (κ3) is 4.15. The summed E-state index contributed by atoms with van der Waals surface area (Å²) in [6.45, 7) is 1.79. The fourth-order valence-electron chi connectivity index (χ4n) is 1.66. The summed E-state index contributed by atoms with van der Waals surface area (Å²) < 4.78 is 5.36. The first-order chi connectivity index (χ1) is 9.54. The molecule has 0 aliphatic carbocycles. The summed E-state index contributed by atoms with van der Waals surface area (Å²) in [4.78, 5) is 11.8. The number of halogens is 2. The van der Waals surface area contributed by atoms with E-state index in [0.717, 1.165) is 5.56 Å². The second-order valence-electron chi connectivity index (χ2n) is 4.25. The van der Waals surface area contributed by atoms with Gasteiger partial charge in [-0.25, -0.2) is 0 Å². The second kappa shape index (κ2) is 6.64. The minimum atomic E-state index is -0.240. The van der Waals surface area contributed by atoms with Gasteiger partial charge in [-0.2, -0.15) is 0 Å². The molecule has 0 radical (unpaired) electrons. The van der Waals surface area contributed by atoms with Crippen molar-refractivity contribution < 1.29 is 9.53 Å². The largest absolute Gasteiger partial charge is 0.484 e. The van der Waals surface area contributed by atoms with Gasteiger partial charge in [0.05, 0.1) is 0 Å². The van der Waals surface area contributed by atoms with Crippen LogP contribution in [-0.2, 0) is 4.79 Å². The van der Waals surface area contributed by atoms with Gasteiger partial charge in [0, 0.05) is 15.7 Å². The Morgan fingerprint density at radius 3 is 2.60 bits per heavy atom. The average Bonchev–Trinajstić information content (AvgIpc) is 2.40. The van der Waals surface area contributed by atoms with Gasteiger partial charge in [-0.05, 0) is 48.9 Å². The van der Waals surface area contributed by atoms with Crippen LogP contribution in [0.25, 0.3) is 0 Å². The van der Waals surface area contributed by atoms with Crippen molar-refractivity contribution in [1.82, 2.24) is 0 Å². The van der Waals surface area contributed by atoms with Crippen molar-refractivity contribution in [1.29, 1.82) is 0 Å². The van der Waals surface area contributed by atoms with Gasteiger partial charge in [-0.1, -0.05) is 29.3 Å². The molecule has 0 fully saturated rings. The molecule has 0 heterocycles. The number of rotatable bonds is 4. The molecular formula is C15H13Cl2NO2. The topological polar surface area (TPSA) is 38.3 Å². The van der Waals surface area contributed by atoms with E-state index in [4.69, 9.17) is 27.9 Å². The number of aryl methyl sites for hydroxylation is 1. The van der Waals surface area contributed by atoms with E-state index in [1.165, 1.54) is 0 Å². The number of hydrogen-bond donors (Lipinski definition) is 1. The lowest BCUT2D eigenvalue weighted by Crippen LogP contribution is -2.20. The number of anilines is 1. The number of ether oxygens (including phenoxy) is 1. The van der Waals surface area contributed by atoms with Crippen molar-refractivity contribution in [3.8, 4) is 5.75 Å². The van der Waals surface area contributed by atoms with Gasteiger partial charge >= 0.3 is 0 Å². The Morgan fingerprint density at radius 1 is 1.15 bits per heavy atom. The van der Waals surface area contributed by atoms with E-state index in [1.807, 2.05) is 6.92 Å². The molecule has 0 aliphatic rings. The van der Waals surface area contributed by atoms with Gasteiger partial charge in [0.2, 0.25) is 0 Å². The van der Waals surface area contributed by atoms with Crippen molar-refractivity contribution in [3.05, 3.63) is 58.1 Å². The first kappa shape index (κ1) is 14.7. The minimum Gasteiger partial charge on any atom is -0.484 e. The first-order valence-electron chi connectivity index (χ1n) is 5.99. The summed E-state index contributed by atoms with van der Waals surface area (Å²) in [7, 11) is 0. The summed E-state index contributed by atoms with van der Waals surface area (Å²) in [6, 6.07) is 12.2. The second-order valence-corrected chi connectivity index (χ2v) is 5.13. The fourth-order valence-corrected chi connectivity index (χ4v) is 2.07. The zero-order valence-electron chi connectivity index (χ0n) is 10.8. The lowest BCUT2D eigenvalue weighted by atomic mass is 10.2. The molecular weight excluding hydrogens is 297 g/mol. The maximum absolute atomic E-state index is 11.8. The van der Waals surface area contributed by atoms with Crippen molar-refractivity contribution in [2.24, 2.45) is 0 Å². The van der Waals surface area contributed by atoms with Crippen LogP contribution in [0.1, 0.15) is 5.56 Å². The van der Waals surface area contributed by atoms with E-state index >= 15 is 0 Å². The van der Waals surface area contributed by atoms with E-state index in [1.54, 1.807) is 42.5 Å². The van der Waals surface area contributed by atoms with Crippen LogP contribution in [0.15, 0.2) is 42.5 Å². The van der Waals surface area contributed by atoms with Gasteiger partial charge < -0.3 is 10.1 Å². The number of amides is 1. The summed E-state index contributed by atoms with van der Waals surface area (Å²) in [5.41, 5.74) is 1.61. The molecule has 0 saturated carbocycles. The smallest absolute Gasteiger partial charge is 0.262 e. The molecule has 0 saturated heterocycles. The maximum atomic E-state index is 11.8. The van der Waals surface area contributed by atoms with Crippen LogP contribution in [0.2, 0.25) is 10.0 Å². The van der Waals surface area contributed by atoms with E-state index in [-0.39, 0.29) is 12.5 Å². The van der Waals surface area contributed by atoms with Crippen LogP contribution in [0, 0.1) is 6.92 Å². The number of benzene rings is 2. The summed E-state index contributed by atoms with van der Waals surface area (Å²) in [6.07, 6.45) is 0. The molecule has 1 N–H and O–H groups in total. The summed E-state index contributed by atoms with van der Waals surface area (Å²) in [5.74, 6) is 0.316. The van der Waals surface area contributed by atoms with Crippen molar-refractivity contribution in [2.75, 3.05) is 11.9 Å². The average molecular weight is 310 g/mol. The Hall–Kier alpha value is -1.71. The zero-order chi connectivity index (χ0) is 14.5. The third-order valence-corrected chi connectivity index (χ3v) is 3.10. The number of hydrogen-bond acceptors (Lipinski definition) is 2. The molecule has 0 atom stereocenters. The third-order valence-electron chi connectivity index (χ3n) is 2.63. The van der Waals surface area contributed by atoms with Crippen LogP contribution in [0.4, 0.5) is 5.69 Å². The highest BCUT2D eigenvalue weighted by molar-refractivity contribution is 6.31. The number of carbonyl (C=O) groups excluding carboxylic acids is 1. The van der Waals surface area contributed by atoms with Crippen LogP contribution in [0.3, 0.4) is 0 Å². The van der Waals surface area contributed by atoms with E-state index in [9.17, 15) is 4.79 Å². The summed E-state index contributed by atoms with van der Waals surface area (Å²) in [5, 5.41) is 3.97. The Kier molecular flexibility index (Phi) is 4.88. The van der Waals surface area contributed by atoms with E-state index in [2.05, 4.69) is 5.32 Å². The standard InChI is InChI=1S/C15H13Cl2NO2/c1-10-7-12(17)5-6-14(10)18-15(19)9-20-13-4-2-3-11(16)8-13/h2-8H,9H2,1H3,(H,18,19). The molecule has 2 aromatic rings. The molecule has 104 valence electrons. The quantitative estimate of drug-likeness (QED) is 0.913.